The molecule has 0 saturated carbocycles. The maximum atomic E-state index is 13.7. The van der Waals surface area contributed by atoms with Crippen molar-refractivity contribution in [2.45, 2.75) is 46.6 Å². The molecule has 156 valence electrons. The molecule has 28 heavy (non-hydrogen) atoms. The zero-order valence-corrected chi connectivity index (χ0v) is 19.5. The molecular formula is C20H30F2IN5. The summed E-state index contributed by atoms with van der Waals surface area (Å²) in [5, 5.41) is 11.0. The van der Waals surface area contributed by atoms with Crippen molar-refractivity contribution in [2.75, 3.05) is 13.1 Å². The van der Waals surface area contributed by atoms with Crippen LogP contribution >= 0.6 is 24.0 Å². The van der Waals surface area contributed by atoms with Gasteiger partial charge in [0.05, 0.1) is 5.69 Å². The van der Waals surface area contributed by atoms with E-state index in [-0.39, 0.29) is 42.0 Å². The molecule has 2 rings (SSSR count). The molecule has 1 heterocycles. The molecule has 0 aliphatic heterocycles. The summed E-state index contributed by atoms with van der Waals surface area (Å²) >= 11 is 0. The Morgan fingerprint density at radius 3 is 2.39 bits per heavy atom. The zero-order valence-electron chi connectivity index (χ0n) is 17.1. The third kappa shape index (κ3) is 6.42. The van der Waals surface area contributed by atoms with E-state index in [9.17, 15) is 8.78 Å². The standard InChI is InChI=1S/C20H29F2N5.HI/c1-6-23-20(24-11-10-16-18(21)8-7-9-19(16)22)25-13(2)12-17-14(3)26-27(5)15(17)4;/h7-9,13H,6,10-12H2,1-5H3,(H2,23,24,25);1H. The summed E-state index contributed by atoms with van der Waals surface area (Å²) in [5.74, 6) is -0.418. The van der Waals surface area contributed by atoms with Crippen LogP contribution in [0.2, 0.25) is 0 Å². The molecule has 0 saturated heterocycles. The largest absolute Gasteiger partial charge is 0.357 e. The van der Waals surface area contributed by atoms with Crippen LogP contribution in [0.3, 0.4) is 0 Å². The van der Waals surface area contributed by atoms with Crippen LogP contribution < -0.4 is 10.6 Å². The summed E-state index contributed by atoms with van der Waals surface area (Å²) in [6, 6.07) is 4.04. The lowest BCUT2D eigenvalue weighted by Crippen LogP contribution is -2.43. The van der Waals surface area contributed by atoms with E-state index in [0.29, 0.717) is 19.0 Å². The summed E-state index contributed by atoms with van der Waals surface area (Å²) in [7, 11) is 1.94. The second kappa shape index (κ2) is 11.3. The summed E-state index contributed by atoms with van der Waals surface area (Å²) < 4.78 is 29.3. The van der Waals surface area contributed by atoms with Crippen molar-refractivity contribution < 1.29 is 8.78 Å². The lowest BCUT2D eigenvalue weighted by molar-refractivity contribution is 0.555. The fourth-order valence-corrected chi connectivity index (χ4v) is 3.07. The van der Waals surface area contributed by atoms with Crippen LogP contribution in [-0.4, -0.2) is 34.9 Å². The third-order valence-corrected chi connectivity index (χ3v) is 4.59. The Hall–Kier alpha value is -1.71. The van der Waals surface area contributed by atoms with Gasteiger partial charge in [0.2, 0.25) is 0 Å². The van der Waals surface area contributed by atoms with Crippen molar-refractivity contribution in [3.8, 4) is 0 Å². The molecule has 2 aromatic rings. The molecule has 1 unspecified atom stereocenters. The van der Waals surface area contributed by atoms with Crippen LogP contribution in [0.5, 0.6) is 0 Å². The number of hydrogen-bond donors (Lipinski definition) is 2. The van der Waals surface area contributed by atoms with E-state index in [4.69, 9.17) is 0 Å². The number of aryl methyl sites for hydroxylation is 2. The molecule has 0 amide bonds. The van der Waals surface area contributed by atoms with Crippen molar-refractivity contribution in [1.82, 2.24) is 20.4 Å². The minimum atomic E-state index is -0.529. The van der Waals surface area contributed by atoms with Crippen molar-refractivity contribution in [1.29, 1.82) is 0 Å². The predicted molar refractivity (Wildman–Crippen MR) is 120 cm³/mol. The first-order chi connectivity index (χ1) is 12.8. The molecule has 2 N–H and O–H groups in total. The SMILES string of the molecule is CCNC(=NCCc1c(F)cccc1F)NC(C)Cc1c(C)nn(C)c1C.I. The van der Waals surface area contributed by atoms with Crippen LogP contribution in [-0.2, 0) is 19.9 Å². The maximum Gasteiger partial charge on any atom is 0.191 e. The molecule has 0 aliphatic rings. The van der Waals surface area contributed by atoms with E-state index in [1.165, 1.54) is 23.8 Å². The van der Waals surface area contributed by atoms with E-state index >= 15 is 0 Å². The normalized spacial score (nSPS) is 12.5. The van der Waals surface area contributed by atoms with E-state index in [1.807, 2.05) is 25.6 Å². The fraction of sp³-hybridized carbons (Fsp3) is 0.500. The minimum absolute atomic E-state index is 0. The van der Waals surface area contributed by atoms with Crippen molar-refractivity contribution in [2.24, 2.45) is 12.0 Å². The highest BCUT2D eigenvalue weighted by Crippen LogP contribution is 2.14. The summed E-state index contributed by atoms with van der Waals surface area (Å²) in [6.45, 7) is 9.13. The Kier molecular flexibility index (Phi) is 9.84. The first-order valence-corrected chi connectivity index (χ1v) is 9.30. The number of halogens is 3. The zero-order chi connectivity index (χ0) is 20.0. The molecule has 0 radical (unpaired) electrons. The van der Waals surface area contributed by atoms with Crippen LogP contribution in [0.4, 0.5) is 8.78 Å². The molecule has 0 aliphatic carbocycles. The topological polar surface area (TPSA) is 54.2 Å². The van der Waals surface area contributed by atoms with Gasteiger partial charge in [0.1, 0.15) is 11.6 Å². The molecule has 0 bridgehead atoms. The van der Waals surface area contributed by atoms with E-state index in [0.717, 1.165) is 17.8 Å². The van der Waals surface area contributed by atoms with Crippen LogP contribution in [0.25, 0.3) is 0 Å². The highest BCUT2D eigenvalue weighted by molar-refractivity contribution is 14.0. The van der Waals surface area contributed by atoms with Gasteiger partial charge in [-0.2, -0.15) is 5.10 Å². The third-order valence-electron chi connectivity index (χ3n) is 4.59. The van der Waals surface area contributed by atoms with Gasteiger partial charge in [-0.1, -0.05) is 6.07 Å². The van der Waals surface area contributed by atoms with E-state index in [1.54, 1.807) is 0 Å². The smallest absolute Gasteiger partial charge is 0.191 e. The summed E-state index contributed by atoms with van der Waals surface area (Å²) in [6.07, 6.45) is 1.03. The fourth-order valence-electron chi connectivity index (χ4n) is 3.07. The monoisotopic (exact) mass is 505 g/mol. The van der Waals surface area contributed by atoms with Gasteiger partial charge in [0, 0.05) is 37.4 Å². The first-order valence-electron chi connectivity index (χ1n) is 9.30. The molecule has 0 fully saturated rings. The molecule has 1 aromatic carbocycles. The highest BCUT2D eigenvalue weighted by atomic mass is 127. The number of rotatable bonds is 7. The Morgan fingerprint density at radius 2 is 1.86 bits per heavy atom. The first kappa shape index (κ1) is 24.3. The Labute approximate surface area is 183 Å². The van der Waals surface area contributed by atoms with Crippen LogP contribution in [0.1, 0.15) is 36.4 Å². The predicted octanol–water partition coefficient (Wildman–Crippen LogP) is 3.66. The molecular weight excluding hydrogens is 475 g/mol. The number of aromatic nitrogens is 2. The van der Waals surface area contributed by atoms with Gasteiger partial charge in [-0.25, -0.2) is 8.78 Å². The summed E-state index contributed by atoms with van der Waals surface area (Å²) in [5.41, 5.74) is 3.48. The van der Waals surface area contributed by atoms with Crippen LogP contribution in [0.15, 0.2) is 23.2 Å². The minimum Gasteiger partial charge on any atom is -0.357 e. The Morgan fingerprint density at radius 1 is 1.21 bits per heavy atom. The lowest BCUT2D eigenvalue weighted by Gasteiger charge is -2.18. The van der Waals surface area contributed by atoms with Crippen molar-refractivity contribution >= 4 is 29.9 Å². The van der Waals surface area contributed by atoms with Crippen molar-refractivity contribution in [3.05, 3.63) is 52.3 Å². The number of nitrogens with zero attached hydrogens (tertiary/aromatic N) is 3. The lowest BCUT2D eigenvalue weighted by atomic mass is 10.1. The second-order valence-corrected chi connectivity index (χ2v) is 6.73. The van der Waals surface area contributed by atoms with Gasteiger partial charge in [-0.15, -0.1) is 24.0 Å². The molecule has 1 atom stereocenters. The number of aliphatic imine (C=N–C) groups is 1. The van der Waals surface area contributed by atoms with Crippen LogP contribution in [0, 0.1) is 25.5 Å². The van der Waals surface area contributed by atoms with Gasteiger partial charge < -0.3 is 10.6 Å². The van der Waals surface area contributed by atoms with Gasteiger partial charge in [0.25, 0.3) is 0 Å². The van der Waals surface area contributed by atoms with Crippen molar-refractivity contribution in [3.63, 3.8) is 0 Å². The highest BCUT2D eigenvalue weighted by Gasteiger charge is 2.14. The second-order valence-electron chi connectivity index (χ2n) is 6.73. The van der Waals surface area contributed by atoms with E-state index < -0.39 is 11.6 Å². The van der Waals surface area contributed by atoms with E-state index in [2.05, 4.69) is 34.6 Å². The number of benzene rings is 1. The molecule has 8 heteroatoms. The summed E-state index contributed by atoms with van der Waals surface area (Å²) in [4.78, 5) is 4.46. The van der Waals surface area contributed by atoms with Gasteiger partial charge in [0.15, 0.2) is 5.96 Å². The van der Waals surface area contributed by atoms with Gasteiger partial charge in [-0.3, -0.25) is 9.67 Å². The Bertz CT molecular complexity index is 784. The maximum absolute atomic E-state index is 13.7. The average molecular weight is 505 g/mol. The molecule has 1 aromatic heterocycles. The average Bonchev–Trinajstić information content (AvgIpc) is 2.84. The quantitative estimate of drug-likeness (QED) is 0.343. The van der Waals surface area contributed by atoms with Gasteiger partial charge in [-0.05, 0) is 58.2 Å². The number of nitrogens with one attached hydrogen (secondary N) is 2. The molecule has 0 spiro atoms. The van der Waals surface area contributed by atoms with Gasteiger partial charge >= 0.3 is 0 Å². The number of hydrogen-bond acceptors (Lipinski definition) is 2. The number of guanidine groups is 1. The Balaban J connectivity index is 0.00000392. The molecule has 5 nitrogen and oxygen atoms in total.